The second-order valence-corrected chi connectivity index (χ2v) is 6.71. The number of H-pyrrole nitrogens is 1. The minimum Gasteiger partial charge on any atom is -0.339 e. The van der Waals surface area contributed by atoms with E-state index in [-0.39, 0.29) is 12.5 Å². The molecule has 0 spiro atoms. The standard InChI is InChI=1S/C16H20N6O3/c1-10-8-21(16(25)18-15(10)24)9-13(23)20-5-4-12-17-14(11-2-3-11)19-22(12)7-6-20/h8,11H,2-7,9H2,1H3,(H,18,24,25). The minimum atomic E-state index is -0.567. The van der Waals surface area contributed by atoms with Crippen molar-refractivity contribution in [3.63, 3.8) is 0 Å². The zero-order valence-electron chi connectivity index (χ0n) is 14.1. The molecule has 0 radical (unpaired) electrons. The molecule has 0 bridgehead atoms. The van der Waals surface area contributed by atoms with E-state index >= 15 is 0 Å². The molecule has 0 unspecified atom stereocenters. The third-order valence-electron chi connectivity index (χ3n) is 4.74. The Hall–Kier alpha value is -2.71. The van der Waals surface area contributed by atoms with Gasteiger partial charge in [0.25, 0.3) is 5.56 Å². The topological polar surface area (TPSA) is 106 Å². The molecule has 25 heavy (non-hydrogen) atoms. The molecule has 4 rings (SSSR count). The van der Waals surface area contributed by atoms with Gasteiger partial charge in [0, 0.05) is 37.2 Å². The summed E-state index contributed by atoms with van der Waals surface area (Å²) in [5.74, 6) is 2.23. The summed E-state index contributed by atoms with van der Waals surface area (Å²) in [6.07, 6.45) is 4.42. The lowest BCUT2D eigenvalue weighted by Gasteiger charge is -2.20. The molecule has 1 fully saturated rings. The van der Waals surface area contributed by atoms with Crippen LogP contribution in [0.15, 0.2) is 15.8 Å². The van der Waals surface area contributed by atoms with E-state index in [0.717, 1.165) is 11.6 Å². The highest BCUT2D eigenvalue weighted by Gasteiger charge is 2.30. The van der Waals surface area contributed by atoms with Crippen molar-refractivity contribution < 1.29 is 4.79 Å². The third kappa shape index (κ3) is 3.13. The second-order valence-electron chi connectivity index (χ2n) is 6.71. The van der Waals surface area contributed by atoms with Gasteiger partial charge < -0.3 is 4.90 Å². The van der Waals surface area contributed by atoms with Gasteiger partial charge in [-0.1, -0.05) is 0 Å². The van der Waals surface area contributed by atoms with Crippen LogP contribution in [0.1, 0.15) is 36.0 Å². The van der Waals surface area contributed by atoms with Crippen molar-refractivity contribution in [1.82, 2.24) is 29.2 Å². The highest BCUT2D eigenvalue weighted by Crippen LogP contribution is 2.38. The van der Waals surface area contributed by atoms with Crippen LogP contribution in [0.25, 0.3) is 0 Å². The Morgan fingerprint density at radius 1 is 1.28 bits per heavy atom. The van der Waals surface area contributed by atoms with Crippen LogP contribution >= 0.6 is 0 Å². The first-order valence-corrected chi connectivity index (χ1v) is 8.53. The average molecular weight is 344 g/mol. The molecule has 9 nitrogen and oxygen atoms in total. The first-order chi connectivity index (χ1) is 12.0. The summed E-state index contributed by atoms with van der Waals surface area (Å²) in [5, 5.41) is 4.56. The highest BCUT2D eigenvalue weighted by atomic mass is 16.2. The number of amides is 1. The summed E-state index contributed by atoms with van der Waals surface area (Å²) in [6.45, 7) is 3.22. The van der Waals surface area contributed by atoms with E-state index in [0.29, 0.717) is 37.5 Å². The molecule has 1 aliphatic carbocycles. The Morgan fingerprint density at radius 2 is 2.08 bits per heavy atom. The van der Waals surface area contributed by atoms with Crippen LogP contribution in [-0.4, -0.2) is 48.2 Å². The molecule has 1 N–H and O–H groups in total. The number of aromatic amines is 1. The van der Waals surface area contributed by atoms with Crippen LogP contribution < -0.4 is 11.2 Å². The average Bonchev–Trinajstić information content (AvgIpc) is 3.37. The molecule has 2 aliphatic rings. The molecular formula is C16H20N6O3. The molecule has 1 saturated carbocycles. The Kier molecular flexibility index (Phi) is 3.78. The minimum absolute atomic E-state index is 0.0838. The molecule has 1 aliphatic heterocycles. The van der Waals surface area contributed by atoms with E-state index < -0.39 is 11.2 Å². The van der Waals surface area contributed by atoms with Crippen LogP contribution in [0.2, 0.25) is 0 Å². The Bertz CT molecular complexity index is 911. The van der Waals surface area contributed by atoms with Gasteiger partial charge in [-0.3, -0.25) is 19.1 Å². The SMILES string of the molecule is Cc1cn(CC(=O)N2CCc3nc(C4CC4)nn3CC2)c(=O)[nH]c1=O. The van der Waals surface area contributed by atoms with E-state index in [1.807, 2.05) is 4.68 Å². The number of carbonyl (C=O) groups excluding carboxylic acids is 1. The lowest BCUT2D eigenvalue weighted by atomic mass is 10.3. The molecular weight excluding hydrogens is 324 g/mol. The smallest absolute Gasteiger partial charge is 0.328 e. The highest BCUT2D eigenvalue weighted by molar-refractivity contribution is 5.76. The zero-order chi connectivity index (χ0) is 17.6. The van der Waals surface area contributed by atoms with E-state index in [9.17, 15) is 14.4 Å². The van der Waals surface area contributed by atoms with Gasteiger partial charge in [-0.2, -0.15) is 5.10 Å². The fraction of sp³-hybridized carbons (Fsp3) is 0.562. The quantitative estimate of drug-likeness (QED) is 0.800. The first kappa shape index (κ1) is 15.8. The largest absolute Gasteiger partial charge is 0.339 e. The van der Waals surface area contributed by atoms with Crippen LogP contribution in [-0.2, 0) is 24.3 Å². The summed E-state index contributed by atoms with van der Waals surface area (Å²) in [6, 6.07) is 0. The van der Waals surface area contributed by atoms with Gasteiger partial charge in [-0.05, 0) is 19.8 Å². The van der Waals surface area contributed by atoms with Gasteiger partial charge in [-0.25, -0.2) is 14.5 Å². The number of nitrogens with zero attached hydrogens (tertiary/aromatic N) is 5. The lowest BCUT2D eigenvalue weighted by Crippen LogP contribution is -2.40. The number of aromatic nitrogens is 5. The fourth-order valence-corrected chi connectivity index (χ4v) is 3.07. The van der Waals surface area contributed by atoms with Crippen molar-refractivity contribution in [2.45, 2.75) is 45.2 Å². The zero-order valence-corrected chi connectivity index (χ0v) is 14.1. The molecule has 0 aromatic carbocycles. The van der Waals surface area contributed by atoms with Gasteiger partial charge in [-0.15, -0.1) is 0 Å². The summed E-state index contributed by atoms with van der Waals surface area (Å²) < 4.78 is 3.14. The fourth-order valence-electron chi connectivity index (χ4n) is 3.07. The molecule has 1 amide bonds. The molecule has 2 aromatic heterocycles. The van der Waals surface area contributed by atoms with Crippen LogP contribution in [0, 0.1) is 6.92 Å². The van der Waals surface area contributed by atoms with Crippen molar-refractivity contribution in [1.29, 1.82) is 0 Å². The van der Waals surface area contributed by atoms with Gasteiger partial charge in [0.05, 0.1) is 6.54 Å². The number of carbonyl (C=O) groups is 1. The Labute approximate surface area is 143 Å². The van der Waals surface area contributed by atoms with Crippen molar-refractivity contribution in [3.05, 3.63) is 44.2 Å². The summed E-state index contributed by atoms with van der Waals surface area (Å²) >= 11 is 0. The van der Waals surface area contributed by atoms with Gasteiger partial charge in [0.1, 0.15) is 12.4 Å². The molecule has 132 valence electrons. The number of nitrogens with one attached hydrogen (secondary N) is 1. The number of hydrogen-bond donors (Lipinski definition) is 1. The van der Waals surface area contributed by atoms with E-state index in [1.165, 1.54) is 23.6 Å². The molecule has 9 heteroatoms. The second kappa shape index (κ2) is 5.98. The van der Waals surface area contributed by atoms with Crippen molar-refractivity contribution in [3.8, 4) is 0 Å². The Balaban J connectivity index is 1.45. The summed E-state index contributed by atoms with van der Waals surface area (Å²) in [4.78, 5) is 44.4. The van der Waals surface area contributed by atoms with Crippen LogP contribution in [0.5, 0.6) is 0 Å². The van der Waals surface area contributed by atoms with Gasteiger partial charge in [0.15, 0.2) is 5.82 Å². The van der Waals surface area contributed by atoms with E-state index in [2.05, 4.69) is 15.1 Å². The molecule has 0 saturated heterocycles. The maximum atomic E-state index is 12.6. The number of fused-ring (bicyclic) bond motifs is 1. The summed E-state index contributed by atoms with van der Waals surface area (Å²) in [5.41, 5.74) is -0.589. The van der Waals surface area contributed by atoms with Crippen LogP contribution in [0.3, 0.4) is 0 Å². The molecule has 3 heterocycles. The number of rotatable bonds is 3. The first-order valence-electron chi connectivity index (χ1n) is 8.53. The van der Waals surface area contributed by atoms with Crippen molar-refractivity contribution >= 4 is 5.91 Å². The number of hydrogen-bond acceptors (Lipinski definition) is 5. The van der Waals surface area contributed by atoms with Gasteiger partial charge >= 0.3 is 5.69 Å². The predicted molar refractivity (Wildman–Crippen MR) is 88.3 cm³/mol. The Morgan fingerprint density at radius 3 is 2.84 bits per heavy atom. The monoisotopic (exact) mass is 344 g/mol. The normalized spacial score (nSPS) is 17.2. The van der Waals surface area contributed by atoms with E-state index in [1.54, 1.807) is 11.8 Å². The molecule has 2 aromatic rings. The maximum absolute atomic E-state index is 12.6. The summed E-state index contributed by atoms with van der Waals surface area (Å²) in [7, 11) is 0. The van der Waals surface area contributed by atoms with Crippen molar-refractivity contribution in [2.75, 3.05) is 13.1 Å². The van der Waals surface area contributed by atoms with E-state index in [4.69, 9.17) is 0 Å². The lowest BCUT2D eigenvalue weighted by molar-refractivity contribution is -0.131. The number of aryl methyl sites for hydroxylation is 1. The van der Waals surface area contributed by atoms with Crippen molar-refractivity contribution in [2.24, 2.45) is 0 Å². The predicted octanol–water partition coefficient (Wildman–Crippen LogP) is -0.601. The molecule has 0 atom stereocenters. The maximum Gasteiger partial charge on any atom is 0.328 e. The third-order valence-corrected chi connectivity index (χ3v) is 4.74. The van der Waals surface area contributed by atoms with Gasteiger partial charge in [0.2, 0.25) is 5.91 Å². The van der Waals surface area contributed by atoms with Crippen LogP contribution in [0.4, 0.5) is 0 Å².